The first-order chi connectivity index (χ1) is 12.2. The molecule has 26 heavy (non-hydrogen) atoms. The highest BCUT2D eigenvalue weighted by Crippen LogP contribution is 2.34. The van der Waals surface area contributed by atoms with Gasteiger partial charge in [-0.2, -0.15) is 0 Å². The number of rotatable bonds is 7. The van der Waals surface area contributed by atoms with Crippen molar-refractivity contribution in [1.29, 1.82) is 0 Å². The van der Waals surface area contributed by atoms with Crippen LogP contribution in [0, 0.1) is 6.92 Å². The Morgan fingerprint density at radius 3 is 2.58 bits per heavy atom. The number of carbonyl (C=O) groups excluding carboxylic acids is 3. The van der Waals surface area contributed by atoms with Crippen LogP contribution in [-0.4, -0.2) is 42.4 Å². The summed E-state index contributed by atoms with van der Waals surface area (Å²) in [6, 6.07) is 4.99. The SMILES string of the molecule is CCC1(c2ccc(OC)c(C)c2)NC(=O)N(CCC(=O)NC(C)C)C1=O. The van der Waals surface area contributed by atoms with Crippen LogP contribution < -0.4 is 15.4 Å². The third-order valence-electron chi connectivity index (χ3n) is 4.61. The minimum atomic E-state index is -1.11. The number of aryl methyl sites for hydroxylation is 1. The largest absolute Gasteiger partial charge is 0.496 e. The van der Waals surface area contributed by atoms with Crippen molar-refractivity contribution < 1.29 is 19.1 Å². The Morgan fingerprint density at radius 2 is 2.04 bits per heavy atom. The molecule has 7 nitrogen and oxygen atoms in total. The van der Waals surface area contributed by atoms with E-state index in [0.29, 0.717) is 12.0 Å². The van der Waals surface area contributed by atoms with E-state index in [2.05, 4.69) is 10.6 Å². The topological polar surface area (TPSA) is 87.7 Å². The van der Waals surface area contributed by atoms with Gasteiger partial charge in [0, 0.05) is 19.0 Å². The zero-order chi connectivity index (χ0) is 19.5. The van der Waals surface area contributed by atoms with Crippen molar-refractivity contribution in [2.24, 2.45) is 0 Å². The molecule has 2 rings (SSSR count). The second-order valence-electron chi connectivity index (χ2n) is 6.80. The fraction of sp³-hybridized carbons (Fsp3) is 0.526. The molecule has 2 N–H and O–H groups in total. The molecule has 1 saturated heterocycles. The third kappa shape index (κ3) is 3.66. The van der Waals surface area contributed by atoms with E-state index in [4.69, 9.17) is 4.74 Å². The van der Waals surface area contributed by atoms with Crippen LogP contribution in [0.1, 0.15) is 44.7 Å². The van der Waals surface area contributed by atoms with Gasteiger partial charge in [-0.15, -0.1) is 0 Å². The minimum Gasteiger partial charge on any atom is -0.496 e. The van der Waals surface area contributed by atoms with Crippen LogP contribution in [-0.2, 0) is 15.1 Å². The lowest BCUT2D eigenvalue weighted by atomic mass is 9.86. The number of benzene rings is 1. The average molecular weight is 361 g/mol. The number of hydrogen-bond donors (Lipinski definition) is 2. The Bertz CT molecular complexity index is 717. The quantitative estimate of drug-likeness (QED) is 0.728. The minimum absolute atomic E-state index is 0.0163. The smallest absolute Gasteiger partial charge is 0.325 e. The van der Waals surface area contributed by atoms with Gasteiger partial charge in [-0.3, -0.25) is 14.5 Å². The summed E-state index contributed by atoms with van der Waals surface area (Å²) >= 11 is 0. The zero-order valence-corrected chi connectivity index (χ0v) is 16.0. The molecule has 0 saturated carbocycles. The van der Waals surface area contributed by atoms with E-state index in [1.165, 1.54) is 0 Å². The summed E-state index contributed by atoms with van der Waals surface area (Å²) in [4.78, 5) is 38.4. The fourth-order valence-electron chi connectivity index (χ4n) is 3.22. The number of amides is 4. The first kappa shape index (κ1) is 19.8. The van der Waals surface area contributed by atoms with E-state index in [9.17, 15) is 14.4 Å². The number of urea groups is 1. The van der Waals surface area contributed by atoms with Crippen LogP contribution in [0.5, 0.6) is 5.75 Å². The predicted octanol–water partition coefficient (Wildman–Crippen LogP) is 2.08. The Balaban J connectivity index is 2.23. The van der Waals surface area contributed by atoms with E-state index < -0.39 is 11.6 Å². The number of methoxy groups -OCH3 is 1. The fourth-order valence-corrected chi connectivity index (χ4v) is 3.22. The van der Waals surface area contributed by atoms with Crippen molar-refractivity contribution in [3.05, 3.63) is 29.3 Å². The van der Waals surface area contributed by atoms with E-state index in [-0.39, 0.29) is 30.8 Å². The molecule has 4 amide bonds. The van der Waals surface area contributed by atoms with Crippen LogP contribution in [0.25, 0.3) is 0 Å². The Morgan fingerprint density at radius 1 is 1.35 bits per heavy atom. The van der Waals surface area contributed by atoms with E-state index in [0.717, 1.165) is 16.2 Å². The molecule has 0 aromatic heterocycles. The molecular formula is C19H27N3O4. The van der Waals surface area contributed by atoms with Gasteiger partial charge in [0.05, 0.1) is 7.11 Å². The monoisotopic (exact) mass is 361 g/mol. The molecule has 1 aromatic rings. The van der Waals surface area contributed by atoms with Gasteiger partial charge in [-0.25, -0.2) is 4.79 Å². The van der Waals surface area contributed by atoms with Crippen molar-refractivity contribution in [2.45, 2.75) is 52.1 Å². The van der Waals surface area contributed by atoms with Crippen molar-refractivity contribution in [1.82, 2.24) is 15.5 Å². The van der Waals surface area contributed by atoms with Crippen molar-refractivity contribution >= 4 is 17.8 Å². The molecule has 1 aromatic carbocycles. The first-order valence-corrected chi connectivity index (χ1v) is 8.83. The molecule has 1 unspecified atom stereocenters. The van der Waals surface area contributed by atoms with Gasteiger partial charge in [0.2, 0.25) is 5.91 Å². The van der Waals surface area contributed by atoms with Gasteiger partial charge < -0.3 is 15.4 Å². The standard InChI is InChI=1S/C19H27N3O4/c1-6-19(14-7-8-15(26-5)13(4)11-14)17(24)22(18(25)21-19)10-9-16(23)20-12(2)3/h7-8,11-12H,6,9-10H2,1-5H3,(H,20,23)(H,21,25). The van der Waals surface area contributed by atoms with Gasteiger partial charge in [0.1, 0.15) is 11.3 Å². The summed E-state index contributed by atoms with van der Waals surface area (Å²) in [5, 5.41) is 5.59. The summed E-state index contributed by atoms with van der Waals surface area (Å²) in [5.74, 6) is 0.209. The molecule has 0 spiro atoms. The molecule has 142 valence electrons. The Hall–Kier alpha value is -2.57. The maximum atomic E-state index is 13.0. The first-order valence-electron chi connectivity index (χ1n) is 8.83. The summed E-state index contributed by atoms with van der Waals surface area (Å²) in [6.07, 6.45) is 0.497. The van der Waals surface area contributed by atoms with Crippen LogP contribution >= 0.6 is 0 Å². The highest BCUT2D eigenvalue weighted by atomic mass is 16.5. The maximum Gasteiger partial charge on any atom is 0.325 e. The van der Waals surface area contributed by atoms with E-state index in [1.807, 2.05) is 33.8 Å². The second kappa shape index (κ2) is 7.76. The summed E-state index contributed by atoms with van der Waals surface area (Å²) < 4.78 is 5.27. The van der Waals surface area contributed by atoms with Gasteiger partial charge in [-0.1, -0.05) is 13.0 Å². The number of nitrogens with zero attached hydrogens (tertiary/aromatic N) is 1. The van der Waals surface area contributed by atoms with Gasteiger partial charge >= 0.3 is 6.03 Å². The lowest BCUT2D eigenvalue weighted by Gasteiger charge is -2.26. The third-order valence-corrected chi connectivity index (χ3v) is 4.61. The molecule has 1 atom stereocenters. The number of nitrogens with one attached hydrogen (secondary N) is 2. The number of ether oxygens (including phenoxy) is 1. The summed E-state index contributed by atoms with van der Waals surface area (Å²) in [5.41, 5.74) is 0.489. The van der Waals surface area contributed by atoms with Crippen molar-refractivity contribution in [2.75, 3.05) is 13.7 Å². The molecule has 1 aliphatic rings. The molecular weight excluding hydrogens is 334 g/mol. The van der Waals surface area contributed by atoms with E-state index >= 15 is 0 Å². The predicted molar refractivity (Wildman–Crippen MR) is 97.8 cm³/mol. The number of imide groups is 1. The highest BCUT2D eigenvalue weighted by molar-refractivity contribution is 6.07. The zero-order valence-electron chi connectivity index (χ0n) is 16.0. The molecule has 1 fully saturated rings. The highest BCUT2D eigenvalue weighted by Gasteiger charge is 2.51. The van der Waals surface area contributed by atoms with Gasteiger partial charge in [0.15, 0.2) is 0 Å². The molecule has 1 heterocycles. The number of carbonyl (C=O) groups is 3. The van der Waals surface area contributed by atoms with Crippen molar-refractivity contribution in [3.8, 4) is 5.75 Å². The Kier molecular flexibility index (Phi) is 5.90. The van der Waals surface area contributed by atoms with Crippen LogP contribution in [0.2, 0.25) is 0 Å². The summed E-state index contributed by atoms with van der Waals surface area (Å²) in [7, 11) is 1.59. The second-order valence-corrected chi connectivity index (χ2v) is 6.80. The molecule has 1 aliphatic heterocycles. The molecule has 0 radical (unpaired) electrons. The normalized spacial score (nSPS) is 19.7. The average Bonchev–Trinajstić information content (AvgIpc) is 2.83. The van der Waals surface area contributed by atoms with Crippen LogP contribution in [0.15, 0.2) is 18.2 Å². The Labute approximate surface area is 154 Å². The van der Waals surface area contributed by atoms with Gasteiger partial charge in [0.25, 0.3) is 5.91 Å². The lowest BCUT2D eigenvalue weighted by molar-refractivity contribution is -0.132. The molecule has 0 aliphatic carbocycles. The van der Waals surface area contributed by atoms with Crippen LogP contribution in [0.4, 0.5) is 4.79 Å². The molecule has 7 heteroatoms. The van der Waals surface area contributed by atoms with Crippen LogP contribution in [0.3, 0.4) is 0 Å². The van der Waals surface area contributed by atoms with E-state index in [1.54, 1.807) is 19.2 Å². The maximum absolute atomic E-state index is 13.0. The van der Waals surface area contributed by atoms with Gasteiger partial charge in [-0.05, 0) is 50.5 Å². The lowest BCUT2D eigenvalue weighted by Crippen LogP contribution is -2.43. The number of hydrogen-bond acceptors (Lipinski definition) is 4. The van der Waals surface area contributed by atoms with Crippen molar-refractivity contribution in [3.63, 3.8) is 0 Å². The summed E-state index contributed by atoms with van der Waals surface area (Å²) in [6.45, 7) is 7.52. The molecule has 0 bridgehead atoms.